The van der Waals surface area contributed by atoms with Gasteiger partial charge in [-0.1, -0.05) is 12.1 Å². The van der Waals surface area contributed by atoms with Gasteiger partial charge in [-0.3, -0.25) is 0 Å². The van der Waals surface area contributed by atoms with E-state index in [1.54, 1.807) is 0 Å². The Bertz CT molecular complexity index is 347. The molecule has 1 atom stereocenters. The summed E-state index contributed by atoms with van der Waals surface area (Å²) in [4.78, 5) is 0. The Balaban J connectivity index is 2.49. The average Bonchev–Trinajstić information content (AvgIpc) is 2.88. The zero-order chi connectivity index (χ0) is 8.55. The number of nitrogens with zero attached hydrogens (tertiary/aromatic N) is 1. The number of epoxide rings is 1. The molecule has 1 unspecified atom stereocenters. The van der Waals surface area contributed by atoms with Gasteiger partial charge in [-0.25, -0.2) is 0 Å². The van der Waals surface area contributed by atoms with Gasteiger partial charge in [0, 0.05) is 0 Å². The van der Waals surface area contributed by atoms with E-state index in [-0.39, 0.29) is 6.10 Å². The topological polar surface area (TPSA) is 36.3 Å². The van der Waals surface area contributed by atoms with E-state index in [2.05, 4.69) is 6.07 Å². The van der Waals surface area contributed by atoms with Crippen molar-refractivity contribution in [3.63, 3.8) is 0 Å². The summed E-state index contributed by atoms with van der Waals surface area (Å²) in [6.45, 7) is 2.77. The first-order valence-corrected chi connectivity index (χ1v) is 3.94. The highest BCUT2D eigenvalue weighted by Gasteiger charge is 2.26. The minimum atomic E-state index is 0.248. The molecular formula is C10H9NO. The van der Waals surface area contributed by atoms with Crippen LogP contribution in [-0.4, -0.2) is 6.61 Å². The highest BCUT2D eigenvalue weighted by Crippen LogP contribution is 2.32. The molecule has 0 bridgehead atoms. The molecule has 0 aliphatic carbocycles. The van der Waals surface area contributed by atoms with Gasteiger partial charge in [0.15, 0.2) is 0 Å². The Morgan fingerprint density at radius 3 is 2.92 bits per heavy atom. The van der Waals surface area contributed by atoms with Crippen LogP contribution in [0.15, 0.2) is 18.2 Å². The predicted octanol–water partition coefficient (Wildman–Crippen LogP) is 1.94. The molecule has 1 saturated heterocycles. The van der Waals surface area contributed by atoms with Crippen LogP contribution in [-0.2, 0) is 4.74 Å². The van der Waals surface area contributed by atoms with Crippen LogP contribution in [0, 0.1) is 18.3 Å². The average molecular weight is 159 g/mol. The number of rotatable bonds is 1. The largest absolute Gasteiger partial charge is 0.368 e. The van der Waals surface area contributed by atoms with Crippen molar-refractivity contribution in [2.24, 2.45) is 0 Å². The molecule has 1 aromatic rings. The van der Waals surface area contributed by atoms with Crippen LogP contribution in [0.4, 0.5) is 0 Å². The summed E-state index contributed by atoms with van der Waals surface area (Å²) >= 11 is 0. The van der Waals surface area contributed by atoms with Crippen molar-refractivity contribution in [1.29, 1.82) is 5.26 Å². The number of hydrogen-bond acceptors (Lipinski definition) is 2. The van der Waals surface area contributed by atoms with E-state index in [0.717, 1.165) is 23.3 Å². The summed E-state index contributed by atoms with van der Waals surface area (Å²) < 4.78 is 5.17. The number of ether oxygens (including phenoxy) is 1. The molecule has 1 heterocycles. The fraction of sp³-hybridized carbons (Fsp3) is 0.300. The van der Waals surface area contributed by atoms with Crippen molar-refractivity contribution < 1.29 is 4.74 Å². The second-order valence-corrected chi connectivity index (χ2v) is 2.95. The molecule has 0 aromatic heterocycles. The summed E-state index contributed by atoms with van der Waals surface area (Å²) in [6, 6.07) is 7.92. The zero-order valence-corrected chi connectivity index (χ0v) is 6.87. The first-order valence-electron chi connectivity index (χ1n) is 3.94. The second kappa shape index (κ2) is 2.62. The summed E-state index contributed by atoms with van der Waals surface area (Å²) in [7, 11) is 0. The van der Waals surface area contributed by atoms with Gasteiger partial charge in [0.2, 0.25) is 0 Å². The van der Waals surface area contributed by atoms with E-state index in [4.69, 9.17) is 10.00 Å². The molecule has 2 nitrogen and oxygen atoms in total. The van der Waals surface area contributed by atoms with Gasteiger partial charge in [-0.15, -0.1) is 0 Å². The molecule has 2 heteroatoms. The van der Waals surface area contributed by atoms with Crippen LogP contribution in [0.3, 0.4) is 0 Å². The summed E-state index contributed by atoms with van der Waals surface area (Å²) in [5.41, 5.74) is 2.97. The molecule has 0 N–H and O–H groups in total. The van der Waals surface area contributed by atoms with E-state index in [1.165, 1.54) is 0 Å². The lowest BCUT2D eigenvalue weighted by Gasteiger charge is -2.02. The van der Waals surface area contributed by atoms with Crippen LogP contribution < -0.4 is 0 Å². The first-order chi connectivity index (χ1) is 5.83. The van der Waals surface area contributed by atoms with E-state index in [1.807, 2.05) is 25.1 Å². The molecule has 0 radical (unpaired) electrons. The number of nitriles is 1. The van der Waals surface area contributed by atoms with E-state index in [9.17, 15) is 0 Å². The molecule has 2 rings (SSSR count). The first kappa shape index (κ1) is 7.33. The Kier molecular flexibility index (Phi) is 1.60. The van der Waals surface area contributed by atoms with E-state index in [0.29, 0.717) is 0 Å². The summed E-state index contributed by atoms with van der Waals surface area (Å²) in [5.74, 6) is 0. The van der Waals surface area contributed by atoms with Gasteiger partial charge in [-0.05, 0) is 24.1 Å². The number of benzene rings is 1. The lowest BCUT2D eigenvalue weighted by Crippen LogP contribution is -1.90. The minimum absolute atomic E-state index is 0.248. The Morgan fingerprint density at radius 1 is 1.58 bits per heavy atom. The van der Waals surface area contributed by atoms with Gasteiger partial charge < -0.3 is 4.74 Å². The summed E-state index contributed by atoms with van der Waals surface area (Å²) in [5, 5.41) is 8.75. The molecule has 1 aromatic carbocycles. The van der Waals surface area contributed by atoms with Crippen LogP contribution in [0.5, 0.6) is 0 Å². The molecule has 12 heavy (non-hydrogen) atoms. The highest BCUT2D eigenvalue weighted by atomic mass is 16.6. The standard InChI is InChI=1S/C10H9NO/c1-7-8(5-11)3-2-4-9(7)10-6-12-10/h2-4,10H,6H2,1H3. The lowest BCUT2D eigenvalue weighted by atomic mass is 10.0. The smallest absolute Gasteiger partial charge is 0.106 e. The molecule has 0 saturated carbocycles. The third-order valence-electron chi connectivity index (χ3n) is 2.18. The van der Waals surface area contributed by atoms with Crippen molar-refractivity contribution >= 4 is 0 Å². The maximum atomic E-state index is 8.75. The molecule has 60 valence electrons. The van der Waals surface area contributed by atoms with Crippen molar-refractivity contribution in [2.75, 3.05) is 6.61 Å². The van der Waals surface area contributed by atoms with Crippen molar-refractivity contribution in [3.05, 3.63) is 34.9 Å². The minimum Gasteiger partial charge on any atom is -0.368 e. The second-order valence-electron chi connectivity index (χ2n) is 2.95. The zero-order valence-electron chi connectivity index (χ0n) is 6.87. The SMILES string of the molecule is Cc1c(C#N)cccc1C1CO1. The fourth-order valence-corrected chi connectivity index (χ4v) is 1.35. The Hall–Kier alpha value is -1.33. The Labute approximate surface area is 71.4 Å². The third kappa shape index (κ3) is 1.09. The molecule has 0 spiro atoms. The maximum absolute atomic E-state index is 8.75. The molecule has 0 amide bonds. The maximum Gasteiger partial charge on any atom is 0.106 e. The Morgan fingerprint density at radius 2 is 2.33 bits per heavy atom. The van der Waals surface area contributed by atoms with Gasteiger partial charge in [0.1, 0.15) is 6.10 Å². The molecule has 1 fully saturated rings. The van der Waals surface area contributed by atoms with Crippen LogP contribution in [0.25, 0.3) is 0 Å². The van der Waals surface area contributed by atoms with Crippen LogP contribution >= 0.6 is 0 Å². The normalized spacial score (nSPS) is 20.2. The van der Waals surface area contributed by atoms with Gasteiger partial charge in [0.05, 0.1) is 18.2 Å². The lowest BCUT2D eigenvalue weighted by molar-refractivity contribution is 0.415. The monoisotopic (exact) mass is 159 g/mol. The summed E-state index contributed by atoms with van der Waals surface area (Å²) in [6.07, 6.45) is 0.248. The van der Waals surface area contributed by atoms with E-state index < -0.39 is 0 Å². The van der Waals surface area contributed by atoms with Gasteiger partial charge in [-0.2, -0.15) is 5.26 Å². The van der Waals surface area contributed by atoms with Crippen LogP contribution in [0.1, 0.15) is 22.8 Å². The van der Waals surface area contributed by atoms with Gasteiger partial charge >= 0.3 is 0 Å². The highest BCUT2D eigenvalue weighted by molar-refractivity contribution is 5.43. The molecular weight excluding hydrogens is 150 g/mol. The predicted molar refractivity (Wildman–Crippen MR) is 44.6 cm³/mol. The van der Waals surface area contributed by atoms with Crippen LogP contribution in [0.2, 0.25) is 0 Å². The molecule has 1 aliphatic rings. The third-order valence-corrected chi connectivity index (χ3v) is 2.18. The van der Waals surface area contributed by atoms with Crippen molar-refractivity contribution in [1.82, 2.24) is 0 Å². The van der Waals surface area contributed by atoms with Crippen molar-refractivity contribution in [3.8, 4) is 6.07 Å². The van der Waals surface area contributed by atoms with Crippen molar-refractivity contribution in [2.45, 2.75) is 13.0 Å². The van der Waals surface area contributed by atoms with Gasteiger partial charge in [0.25, 0.3) is 0 Å². The van der Waals surface area contributed by atoms with E-state index >= 15 is 0 Å². The molecule has 1 aliphatic heterocycles. The number of hydrogen-bond donors (Lipinski definition) is 0. The fourth-order valence-electron chi connectivity index (χ4n) is 1.35. The quantitative estimate of drug-likeness (QED) is 0.587.